The molecule has 0 radical (unpaired) electrons. The molecule has 0 saturated heterocycles. The second kappa shape index (κ2) is 4.91. The molecule has 1 heterocycles. The molecule has 0 unspecified atom stereocenters. The monoisotopic (exact) mass is 262 g/mol. The van der Waals surface area contributed by atoms with Gasteiger partial charge in [0.05, 0.1) is 17.7 Å². The topological polar surface area (TPSA) is 52.0 Å². The van der Waals surface area contributed by atoms with Crippen LogP contribution in [0.25, 0.3) is 0 Å². The first kappa shape index (κ1) is 14.4. The summed E-state index contributed by atoms with van der Waals surface area (Å²) in [7, 11) is 0. The minimum atomic E-state index is -4.97. The molecule has 1 aromatic heterocycles. The Morgan fingerprint density at radius 2 is 1.83 bits per heavy atom. The smallest absolute Gasteiger partial charge is 0.294 e. The molecule has 0 N–H and O–H groups in total. The number of alkyl halides is 3. The van der Waals surface area contributed by atoms with Gasteiger partial charge in [-0.2, -0.15) is 18.3 Å². The van der Waals surface area contributed by atoms with E-state index in [-0.39, 0.29) is 5.56 Å². The maximum Gasteiger partial charge on any atom is 0.450 e. The Balaban J connectivity index is 2.99. The van der Waals surface area contributed by atoms with Crippen LogP contribution in [-0.2, 0) is 11.3 Å². The molecule has 1 rings (SSSR count). The number of aryl methyl sites for hydroxylation is 2. The maximum absolute atomic E-state index is 12.1. The van der Waals surface area contributed by atoms with Gasteiger partial charge >= 0.3 is 6.18 Å². The second-order valence-electron chi connectivity index (χ2n) is 3.88. The van der Waals surface area contributed by atoms with Gasteiger partial charge in [-0.15, -0.1) is 0 Å². The number of ketones is 2. The summed E-state index contributed by atoms with van der Waals surface area (Å²) in [4.78, 5) is 22.5. The van der Waals surface area contributed by atoms with E-state index in [9.17, 15) is 22.8 Å². The predicted octanol–water partition coefficient (Wildman–Crippen LogP) is 2.22. The minimum absolute atomic E-state index is 0.106. The molecule has 0 fully saturated rings. The van der Waals surface area contributed by atoms with Crippen LogP contribution in [0, 0.1) is 13.8 Å². The molecule has 18 heavy (non-hydrogen) atoms. The lowest BCUT2D eigenvalue weighted by Crippen LogP contribution is -2.25. The highest BCUT2D eigenvalue weighted by Crippen LogP contribution is 2.21. The fourth-order valence-electron chi connectivity index (χ4n) is 1.74. The Morgan fingerprint density at radius 1 is 1.28 bits per heavy atom. The van der Waals surface area contributed by atoms with Crippen LogP contribution in [0.3, 0.4) is 0 Å². The van der Waals surface area contributed by atoms with Gasteiger partial charge in [-0.05, 0) is 20.8 Å². The van der Waals surface area contributed by atoms with Crippen LogP contribution in [0.15, 0.2) is 0 Å². The Kier molecular flexibility index (Phi) is 3.93. The second-order valence-corrected chi connectivity index (χ2v) is 3.88. The zero-order valence-electron chi connectivity index (χ0n) is 10.3. The first-order valence-electron chi connectivity index (χ1n) is 5.35. The molecule has 4 nitrogen and oxygen atoms in total. The van der Waals surface area contributed by atoms with Crippen LogP contribution < -0.4 is 0 Å². The van der Waals surface area contributed by atoms with Crippen LogP contribution in [-0.4, -0.2) is 27.5 Å². The largest absolute Gasteiger partial charge is 0.450 e. The molecular weight excluding hydrogens is 249 g/mol. The molecule has 0 aliphatic rings. The lowest BCUT2D eigenvalue weighted by Gasteiger charge is -2.05. The summed E-state index contributed by atoms with van der Waals surface area (Å²) in [5.41, 5.74) is 0.929. The van der Waals surface area contributed by atoms with Crippen molar-refractivity contribution in [1.29, 1.82) is 0 Å². The Bertz CT molecular complexity index is 489. The standard InChI is InChI=1S/C11H13F3N2O2/c1-4-16-7(3)10(6(2)15-16)8(17)5-9(18)11(12,13)14/h4-5H2,1-3H3. The average molecular weight is 262 g/mol. The van der Waals surface area contributed by atoms with Crippen molar-refractivity contribution in [1.82, 2.24) is 9.78 Å². The van der Waals surface area contributed by atoms with Gasteiger partial charge in [0.2, 0.25) is 5.78 Å². The van der Waals surface area contributed by atoms with Crippen molar-refractivity contribution in [3.05, 3.63) is 17.0 Å². The third-order valence-electron chi connectivity index (χ3n) is 2.60. The van der Waals surface area contributed by atoms with Gasteiger partial charge in [-0.1, -0.05) is 0 Å². The first-order chi connectivity index (χ1) is 8.18. The number of carbonyl (C=O) groups is 2. The fraction of sp³-hybridized carbons (Fsp3) is 0.545. The summed E-state index contributed by atoms with van der Waals surface area (Å²) < 4.78 is 37.7. The van der Waals surface area contributed by atoms with Crippen molar-refractivity contribution in [2.24, 2.45) is 0 Å². The molecule has 7 heteroatoms. The lowest BCUT2D eigenvalue weighted by molar-refractivity contribution is -0.170. The van der Waals surface area contributed by atoms with Crippen molar-refractivity contribution < 1.29 is 22.8 Å². The summed E-state index contributed by atoms with van der Waals surface area (Å²) >= 11 is 0. The molecule has 0 aliphatic heterocycles. The normalized spacial score (nSPS) is 11.7. The predicted molar refractivity (Wildman–Crippen MR) is 57.4 cm³/mol. The van der Waals surface area contributed by atoms with Crippen molar-refractivity contribution >= 4 is 11.6 Å². The molecule has 0 aliphatic carbocycles. The van der Waals surface area contributed by atoms with Crippen molar-refractivity contribution in [2.45, 2.75) is 39.9 Å². The Labute approximate surface area is 102 Å². The van der Waals surface area contributed by atoms with Gasteiger partial charge in [0.25, 0.3) is 0 Å². The first-order valence-corrected chi connectivity index (χ1v) is 5.35. The van der Waals surface area contributed by atoms with E-state index < -0.39 is 24.2 Å². The van der Waals surface area contributed by atoms with Crippen LogP contribution in [0.2, 0.25) is 0 Å². The Morgan fingerprint density at radius 3 is 2.22 bits per heavy atom. The van der Waals surface area contributed by atoms with Crippen LogP contribution >= 0.6 is 0 Å². The van der Waals surface area contributed by atoms with E-state index in [0.29, 0.717) is 17.9 Å². The maximum atomic E-state index is 12.1. The zero-order valence-corrected chi connectivity index (χ0v) is 10.3. The SMILES string of the molecule is CCn1nc(C)c(C(=O)CC(=O)C(F)(F)F)c1C. The molecule has 0 aromatic carbocycles. The third-order valence-corrected chi connectivity index (χ3v) is 2.60. The Hall–Kier alpha value is -1.66. The summed E-state index contributed by atoms with van der Waals surface area (Å²) in [6.45, 7) is 5.43. The molecule has 1 aromatic rings. The fourth-order valence-corrected chi connectivity index (χ4v) is 1.74. The summed E-state index contributed by atoms with van der Waals surface area (Å²) in [6.07, 6.45) is -6.14. The van der Waals surface area contributed by atoms with Gasteiger partial charge in [0, 0.05) is 12.2 Å². The number of aromatic nitrogens is 2. The van der Waals surface area contributed by atoms with Gasteiger partial charge < -0.3 is 0 Å². The minimum Gasteiger partial charge on any atom is -0.294 e. The molecule has 0 spiro atoms. The van der Waals surface area contributed by atoms with E-state index in [4.69, 9.17) is 0 Å². The third kappa shape index (κ3) is 2.77. The summed E-state index contributed by atoms with van der Waals surface area (Å²) in [5, 5.41) is 4.02. The van der Waals surface area contributed by atoms with Gasteiger partial charge in [-0.3, -0.25) is 14.3 Å². The van der Waals surface area contributed by atoms with E-state index in [1.807, 2.05) is 0 Å². The molecule has 0 saturated carbocycles. The van der Waals surface area contributed by atoms with E-state index in [0.717, 1.165) is 0 Å². The lowest BCUT2D eigenvalue weighted by atomic mass is 10.0. The van der Waals surface area contributed by atoms with E-state index in [1.54, 1.807) is 13.8 Å². The summed E-state index contributed by atoms with van der Waals surface area (Å²) in [5.74, 6) is -2.87. The van der Waals surface area contributed by atoms with Crippen molar-refractivity contribution in [3.8, 4) is 0 Å². The number of hydrogen-bond donors (Lipinski definition) is 0. The van der Waals surface area contributed by atoms with Crippen molar-refractivity contribution in [2.75, 3.05) is 0 Å². The number of rotatable bonds is 4. The molecule has 100 valence electrons. The summed E-state index contributed by atoms with van der Waals surface area (Å²) in [6, 6.07) is 0. The highest BCUT2D eigenvalue weighted by atomic mass is 19.4. The quantitative estimate of drug-likeness (QED) is 0.617. The van der Waals surface area contributed by atoms with E-state index in [2.05, 4.69) is 5.10 Å². The zero-order chi connectivity index (χ0) is 14.1. The molecule has 0 amide bonds. The highest BCUT2D eigenvalue weighted by molar-refractivity contribution is 6.10. The van der Waals surface area contributed by atoms with Crippen LogP contribution in [0.1, 0.15) is 35.1 Å². The molecule has 0 atom stereocenters. The molecular formula is C11H13F3N2O2. The van der Waals surface area contributed by atoms with Gasteiger partial charge in [0.1, 0.15) is 0 Å². The highest BCUT2D eigenvalue weighted by Gasteiger charge is 2.39. The van der Waals surface area contributed by atoms with E-state index in [1.165, 1.54) is 11.6 Å². The molecule has 0 bridgehead atoms. The van der Waals surface area contributed by atoms with Gasteiger partial charge in [-0.25, -0.2) is 0 Å². The number of Topliss-reactive ketones (excluding diaryl/α,β-unsaturated/α-hetero) is 2. The number of halogens is 3. The van der Waals surface area contributed by atoms with Crippen molar-refractivity contribution in [3.63, 3.8) is 0 Å². The number of hydrogen-bond acceptors (Lipinski definition) is 3. The number of nitrogens with zero attached hydrogens (tertiary/aromatic N) is 2. The number of carbonyl (C=O) groups excluding carboxylic acids is 2. The van der Waals surface area contributed by atoms with E-state index >= 15 is 0 Å². The average Bonchev–Trinajstić information content (AvgIpc) is 2.52. The van der Waals surface area contributed by atoms with Crippen LogP contribution in [0.5, 0.6) is 0 Å². The van der Waals surface area contributed by atoms with Gasteiger partial charge in [0.15, 0.2) is 5.78 Å². The van der Waals surface area contributed by atoms with Crippen LogP contribution in [0.4, 0.5) is 13.2 Å².